The van der Waals surface area contributed by atoms with Gasteiger partial charge in [-0.2, -0.15) is 5.26 Å². The number of hydrogen-bond acceptors (Lipinski definition) is 4. The Labute approximate surface area is 114 Å². The van der Waals surface area contributed by atoms with Gasteiger partial charge >= 0.3 is 0 Å². The molecule has 0 bridgehead atoms. The highest BCUT2D eigenvalue weighted by Gasteiger charge is 2.06. The van der Waals surface area contributed by atoms with E-state index >= 15 is 0 Å². The zero-order valence-corrected chi connectivity index (χ0v) is 11.7. The Morgan fingerprint density at radius 3 is 2.78 bits per heavy atom. The number of nitrogens with one attached hydrogen (secondary N) is 1. The van der Waals surface area contributed by atoms with Gasteiger partial charge in [-0.3, -0.25) is 0 Å². The topological polar surface area (TPSA) is 52.0 Å². The van der Waals surface area contributed by atoms with Gasteiger partial charge in [0, 0.05) is 12.7 Å². The van der Waals surface area contributed by atoms with Gasteiger partial charge in [0.25, 0.3) is 0 Å². The second kappa shape index (κ2) is 7.91. The van der Waals surface area contributed by atoms with Crippen LogP contribution in [0.25, 0.3) is 0 Å². The molecular weight excluding hydrogens is 248 g/mol. The van der Waals surface area contributed by atoms with Crippen LogP contribution in [0.1, 0.15) is 25.8 Å². The minimum Gasteiger partial charge on any atom is -0.369 e. The fourth-order valence-electron chi connectivity index (χ4n) is 1.70. The monoisotopic (exact) mass is 266 g/mol. The number of aromatic nitrogens is 1. The van der Waals surface area contributed by atoms with Crippen molar-refractivity contribution >= 4 is 17.4 Å². The highest BCUT2D eigenvalue weighted by Crippen LogP contribution is 2.22. The van der Waals surface area contributed by atoms with Crippen molar-refractivity contribution in [1.29, 1.82) is 5.26 Å². The van der Waals surface area contributed by atoms with Crippen molar-refractivity contribution in [2.75, 3.05) is 31.5 Å². The predicted molar refractivity (Wildman–Crippen MR) is 74.9 cm³/mol. The zero-order chi connectivity index (χ0) is 13.4. The lowest BCUT2D eigenvalue weighted by molar-refractivity contribution is 0.303. The molecule has 0 aromatic carbocycles. The molecule has 1 aromatic rings. The number of nitriles is 1. The number of halogens is 1. The van der Waals surface area contributed by atoms with Crippen molar-refractivity contribution in [3.8, 4) is 6.07 Å². The Morgan fingerprint density at radius 1 is 1.44 bits per heavy atom. The van der Waals surface area contributed by atoms with E-state index in [0.717, 1.165) is 32.6 Å². The summed E-state index contributed by atoms with van der Waals surface area (Å²) < 4.78 is 0. The Bertz CT molecular complexity index is 410. The molecule has 0 aliphatic rings. The first-order valence-corrected chi connectivity index (χ1v) is 6.61. The number of anilines is 1. The standard InChI is InChI=1S/C13H19ClN4/c1-3-18(4-2)9-5-7-16-13-12(14)11(10-15)6-8-17-13/h6,8H,3-5,7,9H2,1-2H3,(H,16,17). The minimum absolute atomic E-state index is 0.405. The van der Waals surface area contributed by atoms with Gasteiger partial charge in [0.1, 0.15) is 16.9 Å². The minimum atomic E-state index is 0.405. The maximum absolute atomic E-state index is 8.85. The molecule has 0 atom stereocenters. The quantitative estimate of drug-likeness (QED) is 0.771. The van der Waals surface area contributed by atoms with Crippen LogP contribution in [0.2, 0.25) is 5.02 Å². The molecular formula is C13H19ClN4. The average molecular weight is 267 g/mol. The van der Waals surface area contributed by atoms with Gasteiger partial charge in [-0.05, 0) is 32.1 Å². The Morgan fingerprint density at radius 2 is 2.17 bits per heavy atom. The largest absolute Gasteiger partial charge is 0.369 e. The van der Waals surface area contributed by atoms with Crippen molar-refractivity contribution in [3.05, 3.63) is 22.8 Å². The third kappa shape index (κ3) is 4.17. The van der Waals surface area contributed by atoms with Gasteiger partial charge in [0.15, 0.2) is 0 Å². The van der Waals surface area contributed by atoms with Crippen LogP contribution in [-0.4, -0.2) is 36.1 Å². The number of rotatable bonds is 7. The van der Waals surface area contributed by atoms with Crippen molar-refractivity contribution in [2.45, 2.75) is 20.3 Å². The SMILES string of the molecule is CCN(CC)CCCNc1nccc(C#N)c1Cl. The molecule has 0 radical (unpaired) electrons. The van der Waals surface area contributed by atoms with E-state index in [1.165, 1.54) is 0 Å². The highest BCUT2D eigenvalue weighted by atomic mass is 35.5. The van der Waals surface area contributed by atoms with E-state index in [0.29, 0.717) is 16.4 Å². The lowest BCUT2D eigenvalue weighted by Crippen LogP contribution is -2.25. The molecule has 18 heavy (non-hydrogen) atoms. The zero-order valence-electron chi connectivity index (χ0n) is 10.9. The number of hydrogen-bond donors (Lipinski definition) is 1. The van der Waals surface area contributed by atoms with Gasteiger partial charge in [-0.15, -0.1) is 0 Å². The summed E-state index contributed by atoms with van der Waals surface area (Å²) in [5.74, 6) is 0.593. The van der Waals surface area contributed by atoms with E-state index in [1.54, 1.807) is 12.3 Å². The molecule has 5 heteroatoms. The molecule has 1 heterocycles. The fourth-order valence-corrected chi connectivity index (χ4v) is 1.92. The van der Waals surface area contributed by atoms with Crippen LogP contribution >= 0.6 is 11.6 Å². The summed E-state index contributed by atoms with van der Waals surface area (Å²) in [4.78, 5) is 6.50. The van der Waals surface area contributed by atoms with Crippen LogP contribution in [0.5, 0.6) is 0 Å². The highest BCUT2D eigenvalue weighted by molar-refractivity contribution is 6.34. The molecule has 0 unspecified atom stereocenters. The Hall–Kier alpha value is -1.31. The third-order valence-electron chi connectivity index (χ3n) is 2.85. The first-order chi connectivity index (χ1) is 8.72. The summed E-state index contributed by atoms with van der Waals surface area (Å²) in [5, 5.41) is 12.4. The second-order valence-electron chi connectivity index (χ2n) is 3.94. The normalized spacial score (nSPS) is 10.4. The molecule has 0 aliphatic heterocycles. The molecule has 4 nitrogen and oxygen atoms in total. The molecule has 1 rings (SSSR count). The van der Waals surface area contributed by atoms with Crippen molar-refractivity contribution in [2.24, 2.45) is 0 Å². The first kappa shape index (κ1) is 14.7. The molecule has 1 aromatic heterocycles. The molecule has 98 valence electrons. The smallest absolute Gasteiger partial charge is 0.146 e. The van der Waals surface area contributed by atoms with E-state index in [9.17, 15) is 0 Å². The van der Waals surface area contributed by atoms with Crippen LogP contribution in [-0.2, 0) is 0 Å². The molecule has 0 saturated heterocycles. The molecule has 1 N–H and O–H groups in total. The maximum Gasteiger partial charge on any atom is 0.146 e. The van der Waals surface area contributed by atoms with Gasteiger partial charge < -0.3 is 10.2 Å². The summed E-state index contributed by atoms with van der Waals surface area (Å²) in [5.41, 5.74) is 0.456. The summed E-state index contributed by atoms with van der Waals surface area (Å²) >= 11 is 6.05. The van der Waals surface area contributed by atoms with Gasteiger partial charge in [-0.1, -0.05) is 25.4 Å². The van der Waals surface area contributed by atoms with Crippen molar-refractivity contribution in [3.63, 3.8) is 0 Å². The van der Waals surface area contributed by atoms with E-state index in [1.807, 2.05) is 6.07 Å². The van der Waals surface area contributed by atoms with E-state index in [-0.39, 0.29) is 0 Å². The Kier molecular flexibility index (Phi) is 6.48. The Balaban J connectivity index is 2.43. The van der Waals surface area contributed by atoms with Gasteiger partial charge in [0.2, 0.25) is 0 Å². The van der Waals surface area contributed by atoms with Crippen LogP contribution in [0.15, 0.2) is 12.3 Å². The van der Waals surface area contributed by atoms with E-state index < -0.39 is 0 Å². The average Bonchev–Trinajstić information content (AvgIpc) is 2.40. The van der Waals surface area contributed by atoms with Crippen LogP contribution < -0.4 is 5.32 Å². The summed E-state index contributed by atoms with van der Waals surface area (Å²) in [6.45, 7) is 8.31. The number of pyridine rings is 1. The lowest BCUT2D eigenvalue weighted by atomic mass is 10.3. The summed E-state index contributed by atoms with van der Waals surface area (Å²) in [6.07, 6.45) is 2.62. The molecule has 0 aliphatic carbocycles. The van der Waals surface area contributed by atoms with E-state index in [2.05, 4.69) is 29.0 Å². The van der Waals surface area contributed by atoms with Crippen LogP contribution in [0.3, 0.4) is 0 Å². The number of nitrogens with zero attached hydrogens (tertiary/aromatic N) is 3. The fraction of sp³-hybridized carbons (Fsp3) is 0.538. The molecule has 0 saturated carbocycles. The van der Waals surface area contributed by atoms with Crippen molar-refractivity contribution in [1.82, 2.24) is 9.88 Å². The lowest BCUT2D eigenvalue weighted by Gasteiger charge is -2.17. The second-order valence-corrected chi connectivity index (χ2v) is 4.32. The van der Waals surface area contributed by atoms with Crippen molar-refractivity contribution < 1.29 is 0 Å². The summed E-state index contributed by atoms with van der Waals surface area (Å²) in [6, 6.07) is 3.66. The van der Waals surface area contributed by atoms with Crippen LogP contribution in [0, 0.1) is 11.3 Å². The van der Waals surface area contributed by atoms with E-state index in [4.69, 9.17) is 16.9 Å². The van der Waals surface area contributed by atoms with Crippen LogP contribution in [0.4, 0.5) is 5.82 Å². The molecule has 0 spiro atoms. The predicted octanol–water partition coefficient (Wildman–Crippen LogP) is 2.75. The molecule has 0 amide bonds. The maximum atomic E-state index is 8.85. The molecule has 0 fully saturated rings. The van der Waals surface area contributed by atoms with Gasteiger partial charge in [0.05, 0.1) is 5.56 Å². The summed E-state index contributed by atoms with van der Waals surface area (Å²) in [7, 11) is 0. The van der Waals surface area contributed by atoms with Gasteiger partial charge in [-0.25, -0.2) is 4.98 Å². The first-order valence-electron chi connectivity index (χ1n) is 6.23. The third-order valence-corrected chi connectivity index (χ3v) is 3.23.